The van der Waals surface area contributed by atoms with Crippen LogP contribution in [-0.2, 0) is 11.2 Å². The van der Waals surface area contributed by atoms with E-state index in [1.807, 2.05) is 13.0 Å². The van der Waals surface area contributed by atoms with Crippen LogP contribution in [-0.4, -0.2) is 13.2 Å². The molecule has 0 atom stereocenters. The van der Waals surface area contributed by atoms with Gasteiger partial charge in [0.15, 0.2) is 0 Å². The average molecular weight is 208 g/mol. The minimum absolute atomic E-state index is 0.127. The highest BCUT2D eigenvalue weighted by Gasteiger charge is 2.29. The van der Waals surface area contributed by atoms with Crippen LogP contribution in [0.5, 0.6) is 0 Å². The molecule has 0 heterocycles. The second kappa shape index (κ2) is 4.31. The van der Waals surface area contributed by atoms with Gasteiger partial charge in [0.2, 0.25) is 0 Å². The third kappa shape index (κ3) is 2.37. The summed E-state index contributed by atoms with van der Waals surface area (Å²) in [5.41, 5.74) is 2.34. The van der Waals surface area contributed by atoms with Gasteiger partial charge in [0.05, 0.1) is 6.10 Å². The van der Waals surface area contributed by atoms with Gasteiger partial charge in [-0.2, -0.15) is 0 Å². The normalized spacial score (nSPS) is 25.0. The van der Waals surface area contributed by atoms with Gasteiger partial charge in [-0.15, -0.1) is 0 Å². The highest BCUT2D eigenvalue weighted by Crippen LogP contribution is 2.33. The van der Waals surface area contributed by atoms with Crippen molar-refractivity contribution >= 4 is 0 Å². The summed E-state index contributed by atoms with van der Waals surface area (Å²) in [5, 5.41) is 0. The molecule has 0 radical (unpaired) electrons. The molecule has 2 heteroatoms. The number of hydrogen-bond donors (Lipinski definition) is 0. The van der Waals surface area contributed by atoms with Gasteiger partial charge < -0.3 is 4.74 Å². The number of rotatable bonds is 3. The first-order valence-electron chi connectivity index (χ1n) is 5.47. The third-order valence-corrected chi connectivity index (χ3v) is 3.35. The van der Waals surface area contributed by atoms with E-state index in [0.717, 1.165) is 24.8 Å². The van der Waals surface area contributed by atoms with Crippen molar-refractivity contribution in [3.8, 4) is 0 Å². The largest absolute Gasteiger partial charge is 0.381 e. The number of hydrogen-bond acceptors (Lipinski definition) is 1. The van der Waals surface area contributed by atoms with Crippen molar-refractivity contribution in [2.45, 2.75) is 32.3 Å². The standard InChI is InChI=1S/C13H17FO/c1-9-3-4-12(14)8-11(9)5-10-6-13(7-10)15-2/h3-4,8,10,13H,5-7H2,1-2H3/t10-,13-. The highest BCUT2D eigenvalue weighted by atomic mass is 19.1. The Bertz CT molecular complexity index is 342. The Morgan fingerprint density at radius 2 is 2.13 bits per heavy atom. The maximum Gasteiger partial charge on any atom is 0.123 e. The van der Waals surface area contributed by atoms with E-state index in [1.165, 1.54) is 11.6 Å². The number of benzene rings is 1. The fourth-order valence-electron chi connectivity index (χ4n) is 2.20. The minimum atomic E-state index is -0.127. The maximum atomic E-state index is 13.0. The molecule has 82 valence electrons. The quantitative estimate of drug-likeness (QED) is 0.741. The lowest BCUT2D eigenvalue weighted by molar-refractivity contribution is 0.00139. The Kier molecular flexibility index (Phi) is 3.06. The third-order valence-electron chi connectivity index (χ3n) is 3.35. The van der Waals surface area contributed by atoms with Gasteiger partial charge >= 0.3 is 0 Å². The fraction of sp³-hybridized carbons (Fsp3) is 0.538. The molecule has 15 heavy (non-hydrogen) atoms. The number of halogens is 1. The summed E-state index contributed by atoms with van der Waals surface area (Å²) in [6.45, 7) is 2.04. The van der Waals surface area contributed by atoms with Crippen molar-refractivity contribution in [3.05, 3.63) is 35.1 Å². The Morgan fingerprint density at radius 3 is 2.80 bits per heavy atom. The Morgan fingerprint density at radius 1 is 1.40 bits per heavy atom. The van der Waals surface area contributed by atoms with E-state index in [-0.39, 0.29) is 5.82 Å². The van der Waals surface area contributed by atoms with E-state index in [2.05, 4.69) is 0 Å². The molecule has 1 aliphatic rings. The first-order chi connectivity index (χ1) is 7.19. The van der Waals surface area contributed by atoms with Crippen LogP contribution >= 0.6 is 0 Å². The van der Waals surface area contributed by atoms with E-state index in [1.54, 1.807) is 13.2 Å². The summed E-state index contributed by atoms with van der Waals surface area (Å²) in [5.74, 6) is 0.550. The molecule has 1 saturated carbocycles. The molecule has 2 rings (SSSR count). The highest BCUT2D eigenvalue weighted by molar-refractivity contribution is 5.27. The Hall–Kier alpha value is -0.890. The van der Waals surface area contributed by atoms with Gasteiger partial charge in [-0.25, -0.2) is 4.39 Å². The summed E-state index contributed by atoms with van der Waals surface area (Å²) in [4.78, 5) is 0. The van der Waals surface area contributed by atoms with Gasteiger partial charge in [0.1, 0.15) is 5.82 Å². The lowest BCUT2D eigenvalue weighted by Gasteiger charge is -2.34. The molecule has 0 saturated heterocycles. The first kappa shape index (κ1) is 10.6. The van der Waals surface area contributed by atoms with Crippen LogP contribution in [0.4, 0.5) is 4.39 Å². The van der Waals surface area contributed by atoms with Crippen molar-refractivity contribution in [3.63, 3.8) is 0 Å². The van der Waals surface area contributed by atoms with E-state index in [4.69, 9.17) is 4.74 Å². The number of methoxy groups -OCH3 is 1. The molecule has 1 fully saturated rings. The van der Waals surface area contributed by atoms with E-state index < -0.39 is 0 Å². The van der Waals surface area contributed by atoms with Crippen molar-refractivity contribution < 1.29 is 9.13 Å². The van der Waals surface area contributed by atoms with Crippen LogP contribution in [0, 0.1) is 18.7 Å². The lowest BCUT2D eigenvalue weighted by atomic mass is 9.78. The molecule has 1 aliphatic carbocycles. The van der Waals surface area contributed by atoms with Crippen molar-refractivity contribution in [1.29, 1.82) is 0 Å². The van der Waals surface area contributed by atoms with Crippen molar-refractivity contribution in [2.75, 3.05) is 7.11 Å². The second-order valence-electron chi connectivity index (χ2n) is 4.47. The number of aryl methyl sites for hydroxylation is 1. The van der Waals surface area contributed by atoms with Gasteiger partial charge in [0, 0.05) is 7.11 Å². The number of ether oxygens (including phenoxy) is 1. The SMILES string of the molecule is CO[C@H]1C[C@H](Cc2cc(F)ccc2C)C1. The average Bonchev–Trinajstić information content (AvgIpc) is 2.16. The summed E-state index contributed by atoms with van der Waals surface area (Å²) in [7, 11) is 1.76. The molecule has 1 aromatic rings. The van der Waals surface area contributed by atoms with Gasteiger partial charge in [-0.05, 0) is 55.4 Å². The second-order valence-corrected chi connectivity index (χ2v) is 4.47. The molecule has 0 unspecified atom stereocenters. The summed E-state index contributed by atoms with van der Waals surface area (Å²) >= 11 is 0. The van der Waals surface area contributed by atoms with E-state index >= 15 is 0 Å². The predicted octanol–water partition coefficient (Wildman–Crippen LogP) is 3.10. The molecular weight excluding hydrogens is 191 g/mol. The minimum Gasteiger partial charge on any atom is -0.381 e. The predicted molar refractivity (Wildman–Crippen MR) is 58.4 cm³/mol. The van der Waals surface area contributed by atoms with Crippen LogP contribution in [0.25, 0.3) is 0 Å². The van der Waals surface area contributed by atoms with Crippen LogP contribution in [0.3, 0.4) is 0 Å². The zero-order chi connectivity index (χ0) is 10.8. The maximum absolute atomic E-state index is 13.0. The zero-order valence-corrected chi connectivity index (χ0v) is 9.29. The van der Waals surface area contributed by atoms with Crippen LogP contribution in [0.15, 0.2) is 18.2 Å². The van der Waals surface area contributed by atoms with Crippen LogP contribution in [0.2, 0.25) is 0 Å². The molecular formula is C13H17FO. The zero-order valence-electron chi connectivity index (χ0n) is 9.29. The van der Waals surface area contributed by atoms with Crippen LogP contribution < -0.4 is 0 Å². The van der Waals surface area contributed by atoms with Crippen LogP contribution in [0.1, 0.15) is 24.0 Å². The smallest absolute Gasteiger partial charge is 0.123 e. The molecule has 1 aromatic carbocycles. The fourth-order valence-corrected chi connectivity index (χ4v) is 2.20. The molecule has 0 spiro atoms. The monoisotopic (exact) mass is 208 g/mol. The van der Waals surface area contributed by atoms with Crippen molar-refractivity contribution in [2.24, 2.45) is 5.92 Å². The molecule has 1 nitrogen and oxygen atoms in total. The summed E-state index contributed by atoms with van der Waals surface area (Å²) in [6.07, 6.45) is 3.66. The summed E-state index contributed by atoms with van der Waals surface area (Å²) in [6, 6.07) is 5.05. The summed E-state index contributed by atoms with van der Waals surface area (Å²) < 4.78 is 18.3. The topological polar surface area (TPSA) is 9.23 Å². The van der Waals surface area contributed by atoms with Crippen molar-refractivity contribution in [1.82, 2.24) is 0 Å². The Balaban J connectivity index is 1.97. The molecule has 0 aromatic heterocycles. The molecule has 0 bridgehead atoms. The lowest BCUT2D eigenvalue weighted by Crippen LogP contribution is -2.31. The van der Waals surface area contributed by atoms with Gasteiger partial charge in [0.25, 0.3) is 0 Å². The first-order valence-corrected chi connectivity index (χ1v) is 5.47. The Labute approximate surface area is 90.3 Å². The van der Waals surface area contributed by atoms with Gasteiger partial charge in [-0.3, -0.25) is 0 Å². The molecule has 0 N–H and O–H groups in total. The molecule has 0 amide bonds. The molecule has 0 aliphatic heterocycles. The van der Waals surface area contributed by atoms with E-state index in [9.17, 15) is 4.39 Å². The van der Waals surface area contributed by atoms with Gasteiger partial charge in [-0.1, -0.05) is 6.07 Å². The van der Waals surface area contributed by atoms with E-state index in [0.29, 0.717) is 12.0 Å².